The molecule has 0 saturated carbocycles. The van der Waals surface area contributed by atoms with Crippen molar-refractivity contribution in [3.05, 3.63) is 0 Å². The minimum atomic E-state index is -0.408. The van der Waals surface area contributed by atoms with E-state index >= 15 is 0 Å². The maximum Gasteiger partial charge on any atom is 0.0617 e. The molecule has 1 unspecified atom stereocenters. The predicted molar refractivity (Wildman–Crippen MR) is 35.8 cm³/mol. The third kappa shape index (κ3) is 3.03. The zero-order valence-electron chi connectivity index (χ0n) is 6.07. The molecule has 0 aromatic rings. The van der Waals surface area contributed by atoms with Gasteiger partial charge < -0.3 is 5.11 Å². The van der Waals surface area contributed by atoms with E-state index in [1.165, 1.54) is 0 Å². The molecule has 1 nitrogen and oxygen atoms in total. The Bertz CT molecular complexity index is 57.4. The summed E-state index contributed by atoms with van der Waals surface area (Å²) in [6.45, 7) is 5.98. The summed E-state index contributed by atoms with van der Waals surface area (Å²) in [5, 5.41) is 9.32. The molecule has 0 radical (unpaired) electrons. The van der Waals surface area contributed by atoms with Crippen LogP contribution < -0.4 is 0 Å². The van der Waals surface area contributed by atoms with Crippen molar-refractivity contribution in [1.82, 2.24) is 0 Å². The zero-order chi connectivity index (χ0) is 6.62. The first-order chi connectivity index (χ1) is 3.62. The van der Waals surface area contributed by atoms with Crippen molar-refractivity contribution in [1.29, 1.82) is 0 Å². The SMILES string of the molecule is CCCC(C)(O)CC. The van der Waals surface area contributed by atoms with E-state index in [9.17, 15) is 5.11 Å². The zero-order valence-corrected chi connectivity index (χ0v) is 6.07. The minimum absolute atomic E-state index is 0.408. The van der Waals surface area contributed by atoms with Crippen molar-refractivity contribution in [2.75, 3.05) is 0 Å². The summed E-state index contributed by atoms with van der Waals surface area (Å²) >= 11 is 0. The highest BCUT2D eigenvalue weighted by Gasteiger charge is 2.14. The van der Waals surface area contributed by atoms with Crippen LogP contribution in [0.15, 0.2) is 0 Å². The molecule has 0 aromatic heterocycles. The Balaban J connectivity index is 3.37. The monoisotopic (exact) mass is 116 g/mol. The van der Waals surface area contributed by atoms with E-state index in [1.54, 1.807) is 0 Å². The molecule has 0 aliphatic rings. The van der Waals surface area contributed by atoms with E-state index in [-0.39, 0.29) is 0 Å². The van der Waals surface area contributed by atoms with Gasteiger partial charge >= 0.3 is 0 Å². The van der Waals surface area contributed by atoms with Gasteiger partial charge in [-0.25, -0.2) is 0 Å². The van der Waals surface area contributed by atoms with Gasteiger partial charge in [0.25, 0.3) is 0 Å². The van der Waals surface area contributed by atoms with Gasteiger partial charge in [0.15, 0.2) is 0 Å². The van der Waals surface area contributed by atoms with Crippen LogP contribution in [0.1, 0.15) is 40.0 Å². The highest BCUT2D eigenvalue weighted by atomic mass is 16.3. The molecule has 0 bridgehead atoms. The summed E-state index contributed by atoms with van der Waals surface area (Å²) in [5.74, 6) is 0. The molecule has 0 saturated heterocycles. The Kier molecular flexibility index (Phi) is 3.06. The molecule has 1 atom stereocenters. The van der Waals surface area contributed by atoms with Gasteiger partial charge in [0.05, 0.1) is 5.60 Å². The fourth-order valence-electron chi connectivity index (χ4n) is 0.715. The van der Waals surface area contributed by atoms with Crippen molar-refractivity contribution < 1.29 is 5.11 Å². The summed E-state index contributed by atoms with van der Waals surface area (Å²) < 4.78 is 0. The summed E-state index contributed by atoms with van der Waals surface area (Å²) in [5.41, 5.74) is -0.408. The van der Waals surface area contributed by atoms with E-state index in [4.69, 9.17) is 0 Å². The topological polar surface area (TPSA) is 20.2 Å². The van der Waals surface area contributed by atoms with E-state index in [0.717, 1.165) is 19.3 Å². The molecular weight excluding hydrogens is 100 g/mol. The maximum absolute atomic E-state index is 9.32. The van der Waals surface area contributed by atoms with Crippen LogP contribution in [0.5, 0.6) is 0 Å². The minimum Gasteiger partial charge on any atom is -0.390 e. The quantitative estimate of drug-likeness (QED) is 0.597. The van der Waals surface area contributed by atoms with Crippen molar-refractivity contribution >= 4 is 0 Å². The number of hydrogen-bond acceptors (Lipinski definition) is 1. The molecular formula is C7H16O. The Morgan fingerprint density at radius 3 is 2.00 bits per heavy atom. The van der Waals surface area contributed by atoms with Crippen molar-refractivity contribution in [2.45, 2.75) is 45.6 Å². The van der Waals surface area contributed by atoms with Crippen LogP contribution in [0.4, 0.5) is 0 Å². The molecule has 0 rings (SSSR count). The van der Waals surface area contributed by atoms with Crippen LogP contribution in [0.25, 0.3) is 0 Å². The van der Waals surface area contributed by atoms with Crippen LogP contribution in [-0.2, 0) is 0 Å². The van der Waals surface area contributed by atoms with E-state index in [1.807, 2.05) is 13.8 Å². The maximum atomic E-state index is 9.32. The van der Waals surface area contributed by atoms with Gasteiger partial charge in [-0.05, 0) is 19.8 Å². The van der Waals surface area contributed by atoms with Crippen LogP contribution in [0.3, 0.4) is 0 Å². The molecule has 0 fully saturated rings. The molecule has 0 aromatic carbocycles. The third-order valence-corrected chi connectivity index (χ3v) is 1.55. The lowest BCUT2D eigenvalue weighted by molar-refractivity contribution is 0.0463. The molecule has 50 valence electrons. The lowest BCUT2D eigenvalue weighted by atomic mass is 9.98. The lowest BCUT2D eigenvalue weighted by Gasteiger charge is -2.19. The molecule has 0 amide bonds. The molecule has 0 aliphatic heterocycles. The van der Waals surface area contributed by atoms with Crippen LogP contribution >= 0.6 is 0 Å². The average Bonchev–Trinajstić information content (AvgIpc) is 1.67. The van der Waals surface area contributed by atoms with Gasteiger partial charge in [-0.15, -0.1) is 0 Å². The fraction of sp³-hybridized carbons (Fsp3) is 1.00. The first-order valence-corrected chi connectivity index (χ1v) is 3.34. The smallest absolute Gasteiger partial charge is 0.0617 e. The standard InChI is InChI=1S/C7H16O/c1-4-6-7(3,8)5-2/h8H,4-6H2,1-3H3. The number of rotatable bonds is 3. The molecule has 0 heterocycles. The Morgan fingerprint density at radius 2 is 1.88 bits per heavy atom. The van der Waals surface area contributed by atoms with E-state index < -0.39 is 5.60 Å². The van der Waals surface area contributed by atoms with Gasteiger partial charge in [0, 0.05) is 0 Å². The Hall–Kier alpha value is -0.0400. The number of hydrogen-bond donors (Lipinski definition) is 1. The average molecular weight is 116 g/mol. The summed E-state index contributed by atoms with van der Waals surface area (Å²) in [6.07, 6.45) is 2.85. The Morgan fingerprint density at radius 1 is 1.38 bits per heavy atom. The van der Waals surface area contributed by atoms with Gasteiger partial charge in [-0.3, -0.25) is 0 Å². The molecule has 1 heteroatoms. The highest BCUT2D eigenvalue weighted by molar-refractivity contribution is 4.67. The van der Waals surface area contributed by atoms with E-state index in [0.29, 0.717) is 0 Å². The summed E-state index contributed by atoms with van der Waals surface area (Å²) in [6, 6.07) is 0. The first kappa shape index (κ1) is 7.96. The van der Waals surface area contributed by atoms with Gasteiger partial charge in [-0.2, -0.15) is 0 Å². The van der Waals surface area contributed by atoms with Gasteiger partial charge in [0.2, 0.25) is 0 Å². The van der Waals surface area contributed by atoms with Crippen molar-refractivity contribution in [3.63, 3.8) is 0 Å². The highest BCUT2D eigenvalue weighted by Crippen LogP contribution is 2.14. The molecule has 8 heavy (non-hydrogen) atoms. The lowest BCUT2D eigenvalue weighted by Crippen LogP contribution is -2.21. The second kappa shape index (κ2) is 3.08. The normalized spacial score (nSPS) is 18.0. The largest absolute Gasteiger partial charge is 0.390 e. The molecule has 0 spiro atoms. The second-order valence-corrected chi connectivity index (χ2v) is 2.60. The van der Waals surface area contributed by atoms with Crippen LogP contribution in [0, 0.1) is 0 Å². The second-order valence-electron chi connectivity index (χ2n) is 2.60. The molecule has 0 aliphatic carbocycles. The Labute approximate surface area is 51.7 Å². The summed E-state index contributed by atoms with van der Waals surface area (Å²) in [4.78, 5) is 0. The fourth-order valence-corrected chi connectivity index (χ4v) is 0.715. The van der Waals surface area contributed by atoms with Crippen LogP contribution in [-0.4, -0.2) is 10.7 Å². The predicted octanol–water partition coefficient (Wildman–Crippen LogP) is 1.95. The third-order valence-electron chi connectivity index (χ3n) is 1.55. The number of aliphatic hydroxyl groups is 1. The summed E-state index contributed by atoms with van der Waals surface area (Å²) in [7, 11) is 0. The van der Waals surface area contributed by atoms with Gasteiger partial charge in [0.1, 0.15) is 0 Å². The van der Waals surface area contributed by atoms with Gasteiger partial charge in [-0.1, -0.05) is 20.3 Å². The van der Waals surface area contributed by atoms with Crippen molar-refractivity contribution in [3.8, 4) is 0 Å². The van der Waals surface area contributed by atoms with Crippen LogP contribution in [0.2, 0.25) is 0 Å². The van der Waals surface area contributed by atoms with Crippen molar-refractivity contribution in [2.24, 2.45) is 0 Å². The molecule has 1 N–H and O–H groups in total. The van der Waals surface area contributed by atoms with E-state index in [2.05, 4.69) is 6.92 Å². The first-order valence-electron chi connectivity index (χ1n) is 3.34.